The Labute approximate surface area is 221 Å². The summed E-state index contributed by atoms with van der Waals surface area (Å²) in [6.07, 6.45) is 0.905. The van der Waals surface area contributed by atoms with E-state index in [0.29, 0.717) is 17.0 Å². The molecule has 2 amide bonds. The number of nitrogens with zero attached hydrogens (tertiary/aromatic N) is 1. The minimum Gasteiger partial charge on any atom is -0.480 e. The molecule has 2 aromatic carbocycles. The van der Waals surface area contributed by atoms with E-state index in [2.05, 4.69) is 5.32 Å². The zero-order valence-electron chi connectivity index (χ0n) is 21.6. The van der Waals surface area contributed by atoms with Crippen LogP contribution in [-0.4, -0.2) is 46.3 Å². The van der Waals surface area contributed by atoms with Crippen LogP contribution in [0.4, 0.5) is 5.69 Å². The van der Waals surface area contributed by atoms with Crippen LogP contribution in [0.5, 0.6) is 0 Å². The van der Waals surface area contributed by atoms with E-state index >= 15 is 0 Å². The zero-order valence-corrected chi connectivity index (χ0v) is 22.5. The third-order valence-electron chi connectivity index (χ3n) is 6.07. The van der Waals surface area contributed by atoms with Crippen LogP contribution in [0.1, 0.15) is 37.6 Å². The van der Waals surface area contributed by atoms with Crippen molar-refractivity contribution in [2.75, 3.05) is 17.3 Å². The van der Waals surface area contributed by atoms with Gasteiger partial charge in [0.1, 0.15) is 11.8 Å². The molecule has 0 radical (unpaired) electrons. The van der Waals surface area contributed by atoms with Crippen molar-refractivity contribution in [1.82, 2.24) is 5.32 Å². The van der Waals surface area contributed by atoms with E-state index in [1.165, 1.54) is 13.2 Å². The van der Waals surface area contributed by atoms with Crippen LogP contribution in [0.2, 0.25) is 0 Å². The van der Waals surface area contributed by atoms with Gasteiger partial charge in [-0.05, 0) is 67.8 Å². The molecule has 3 rings (SSSR count). The van der Waals surface area contributed by atoms with E-state index in [-0.39, 0.29) is 12.3 Å². The van der Waals surface area contributed by atoms with Crippen molar-refractivity contribution in [3.63, 3.8) is 0 Å². The minimum absolute atomic E-state index is 0.00817. The number of amides is 2. The Morgan fingerprint density at radius 2 is 1.63 bits per heavy atom. The van der Waals surface area contributed by atoms with E-state index in [1.54, 1.807) is 66.7 Å². The molecule has 1 heterocycles. The number of carboxylic acid groups (broad SMARTS) is 1. The van der Waals surface area contributed by atoms with Crippen molar-refractivity contribution in [2.45, 2.75) is 33.2 Å². The normalized spacial score (nSPS) is 14.3. The van der Waals surface area contributed by atoms with Crippen LogP contribution in [0.3, 0.4) is 0 Å². The van der Waals surface area contributed by atoms with E-state index < -0.39 is 49.6 Å². The largest absolute Gasteiger partial charge is 0.480 e. The molecule has 9 nitrogen and oxygen atoms in total. The van der Waals surface area contributed by atoms with Gasteiger partial charge in [-0.1, -0.05) is 32.0 Å². The van der Waals surface area contributed by atoms with Gasteiger partial charge in [-0.15, -0.1) is 0 Å². The van der Waals surface area contributed by atoms with Crippen molar-refractivity contribution < 1.29 is 33.4 Å². The second kappa shape index (κ2) is 12.7. The first-order chi connectivity index (χ1) is 18.0. The number of hydrogen-bond donors (Lipinski definition) is 3. The summed E-state index contributed by atoms with van der Waals surface area (Å²) in [5, 5.41) is 12.2. The average Bonchev–Trinajstić information content (AvgIpc) is 3.42. The molecule has 3 N–H and O–H groups in total. The standard InChI is InChI=1S/C28H33N2O7P/c1-19(2)16-23(17-38(35,36)18-29-26(31)22-8-5-4-6-9-22)27(32)30(20(3)28(33)34)24-13-11-21(12-14-24)25-10-7-15-37-25/h4-15,19-20,23H,16-18H2,1-3H3,(H,29,31)(H,33,34)(H,35,36)/t20-,23?/m0/s1. The highest BCUT2D eigenvalue weighted by Gasteiger charge is 2.36. The number of rotatable bonds is 12. The molecule has 0 fully saturated rings. The minimum atomic E-state index is -4.00. The second-order valence-corrected chi connectivity index (χ2v) is 12.0. The molecule has 10 heteroatoms. The Morgan fingerprint density at radius 3 is 2.18 bits per heavy atom. The van der Waals surface area contributed by atoms with Crippen molar-refractivity contribution in [1.29, 1.82) is 0 Å². The lowest BCUT2D eigenvalue weighted by Crippen LogP contribution is -2.47. The fourth-order valence-corrected chi connectivity index (χ4v) is 5.71. The molecule has 2 unspecified atom stereocenters. The number of benzene rings is 2. The molecule has 3 atom stereocenters. The molecule has 1 aromatic heterocycles. The summed E-state index contributed by atoms with van der Waals surface area (Å²) in [7, 11) is -4.00. The third-order valence-corrected chi connectivity index (χ3v) is 7.73. The molecule has 0 saturated heterocycles. The lowest BCUT2D eigenvalue weighted by Gasteiger charge is -2.32. The summed E-state index contributed by atoms with van der Waals surface area (Å²) < 4.78 is 18.5. The predicted octanol–water partition coefficient (Wildman–Crippen LogP) is 5.07. The lowest BCUT2D eigenvalue weighted by atomic mass is 9.96. The average molecular weight is 541 g/mol. The Kier molecular flexibility index (Phi) is 9.66. The van der Waals surface area contributed by atoms with Crippen LogP contribution in [0, 0.1) is 11.8 Å². The molecular formula is C28H33N2O7P. The van der Waals surface area contributed by atoms with Gasteiger partial charge in [0.2, 0.25) is 13.3 Å². The van der Waals surface area contributed by atoms with Crippen LogP contribution < -0.4 is 10.2 Å². The first-order valence-electron chi connectivity index (χ1n) is 12.3. The number of aliphatic carboxylic acids is 1. The van der Waals surface area contributed by atoms with Crippen molar-refractivity contribution in [2.24, 2.45) is 11.8 Å². The molecule has 0 aliphatic heterocycles. The van der Waals surface area contributed by atoms with E-state index in [0.717, 1.165) is 10.5 Å². The highest BCUT2D eigenvalue weighted by atomic mass is 31.2. The van der Waals surface area contributed by atoms with E-state index in [9.17, 15) is 28.9 Å². The van der Waals surface area contributed by atoms with Gasteiger partial charge in [0.25, 0.3) is 5.91 Å². The van der Waals surface area contributed by atoms with Gasteiger partial charge in [-0.3, -0.25) is 19.1 Å². The maximum absolute atomic E-state index is 13.8. The van der Waals surface area contributed by atoms with Crippen LogP contribution in [-0.2, 0) is 14.2 Å². The van der Waals surface area contributed by atoms with Crippen LogP contribution in [0.25, 0.3) is 11.3 Å². The van der Waals surface area contributed by atoms with Crippen molar-refractivity contribution in [3.05, 3.63) is 78.6 Å². The Balaban J connectivity index is 1.83. The van der Waals surface area contributed by atoms with Gasteiger partial charge in [0.15, 0.2) is 0 Å². The maximum atomic E-state index is 13.8. The summed E-state index contributed by atoms with van der Waals surface area (Å²) >= 11 is 0. The van der Waals surface area contributed by atoms with Gasteiger partial charge in [0, 0.05) is 28.9 Å². The second-order valence-electron chi connectivity index (χ2n) is 9.63. The number of nitrogens with one attached hydrogen (secondary N) is 1. The highest BCUT2D eigenvalue weighted by Crippen LogP contribution is 2.43. The van der Waals surface area contributed by atoms with Gasteiger partial charge in [-0.2, -0.15) is 0 Å². The molecule has 0 aliphatic carbocycles. The first-order valence-corrected chi connectivity index (χ1v) is 14.4. The number of furan rings is 1. The van der Waals surface area contributed by atoms with Gasteiger partial charge >= 0.3 is 5.97 Å². The quantitative estimate of drug-likeness (QED) is 0.273. The number of carbonyl (C=O) groups excluding carboxylic acids is 2. The molecule has 38 heavy (non-hydrogen) atoms. The lowest BCUT2D eigenvalue weighted by molar-refractivity contribution is -0.140. The Morgan fingerprint density at radius 1 is 0.974 bits per heavy atom. The molecule has 0 aliphatic rings. The maximum Gasteiger partial charge on any atom is 0.326 e. The predicted molar refractivity (Wildman–Crippen MR) is 145 cm³/mol. The summed E-state index contributed by atoms with van der Waals surface area (Å²) in [5.41, 5.74) is 1.45. The van der Waals surface area contributed by atoms with Gasteiger partial charge in [0.05, 0.1) is 12.5 Å². The molecule has 0 bridgehead atoms. The monoisotopic (exact) mass is 540 g/mol. The summed E-state index contributed by atoms with van der Waals surface area (Å²) in [6, 6.07) is 17.3. The third kappa shape index (κ3) is 7.66. The van der Waals surface area contributed by atoms with E-state index in [4.69, 9.17) is 4.42 Å². The Bertz CT molecular complexity index is 1270. The zero-order chi connectivity index (χ0) is 27.9. The topological polar surface area (TPSA) is 137 Å². The fourth-order valence-electron chi connectivity index (χ4n) is 4.20. The number of anilines is 1. The van der Waals surface area contributed by atoms with Crippen molar-refractivity contribution >= 4 is 30.8 Å². The summed E-state index contributed by atoms with van der Waals surface area (Å²) in [5.74, 6) is -2.60. The summed E-state index contributed by atoms with van der Waals surface area (Å²) in [6.45, 7) is 5.15. The smallest absolute Gasteiger partial charge is 0.326 e. The molecule has 202 valence electrons. The first kappa shape index (κ1) is 28.9. The van der Waals surface area contributed by atoms with Gasteiger partial charge in [-0.25, -0.2) is 4.79 Å². The SMILES string of the molecule is CC(C)CC(CP(=O)(O)CNC(=O)c1ccccc1)C(=O)N(c1ccc(-c2ccco2)cc1)[C@@H](C)C(=O)O. The fraction of sp³-hybridized carbons (Fsp3) is 0.321. The van der Waals surface area contributed by atoms with Gasteiger partial charge < -0.3 is 19.7 Å². The van der Waals surface area contributed by atoms with Crippen LogP contribution in [0.15, 0.2) is 77.4 Å². The number of carbonyl (C=O) groups is 3. The molecule has 0 saturated carbocycles. The molecule has 0 spiro atoms. The Hall–Kier alpha value is -3.68. The summed E-state index contributed by atoms with van der Waals surface area (Å²) in [4.78, 5) is 50.0. The van der Waals surface area contributed by atoms with E-state index in [1.807, 2.05) is 13.8 Å². The number of carboxylic acids is 1. The highest BCUT2D eigenvalue weighted by molar-refractivity contribution is 7.58. The van der Waals surface area contributed by atoms with Crippen molar-refractivity contribution in [3.8, 4) is 11.3 Å². The molecular weight excluding hydrogens is 507 g/mol. The number of hydrogen-bond acceptors (Lipinski definition) is 5. The molecule has 3 aromatic rings. The van der Waals surface area contributed by atoms with Crippen LogP contribution >= 0.6 is 7.37 Å².